The molecule has 1 rings (SSSR count). The van der Waals surface area contributed by atoms with E-state index in [4.69, 9.17) is 20.5 Å². The summed E-state index contributed by atoms with van der Waals surface area (Å²) < 4.78 is 5.84. The maximum Gasteiger partial charge on any atom is 0.338 e. The molecule has 0 saturated carbocycles. The van der Waals surface area contributed by atoms with Gasteiger partial charge in [-0.3, -0.25) is 0 Å². The average molecular weight is 424 g/mol. The predicted molar refractivity (Wildman–Crippen MR) is 85.3 cm³/mol. The van der Waals surface area contributed by atoms with Crippen LogP contribution in [0.5, 0.6) is 0 Å². The number of rotatable bonds is 4. The Labute approximate surface area is 143 Å². The molecule has 1 N–H and O–H groups in total. The Hall–Kier alpha value is -2.34. The number of hydrogen-bond acceptors (Lipinski definition) is 6. The van der Waals surface area contributed by atoms with Crippen molar-refractivity contribution >= 4 is 43.5 Å². The molecule has 0 amide bonds. The van der Waals surface area contributed by atoms with Gasteiger partial charge in [0.15, 0.2) is 5.57 Å². The third kappa shape index (κ3) is 4.08. The third-order valence-electron chi connectivity index (χ3n) is 2.39. The van der Waals surface area contributed by atoms with Crippen LogP contribution in [0.15, 0.2) is 32.3 Å². The molecule has 1 aromatic carbocycles. The standard InChI is InChI=1S/C14H8Br2N4O2/c1-2-22-14(21)8-3-10(15)13(11(16)4-8)20-12(7-19)9(5-17)6-18/h3-4,20H,2H2,1H3. The number of esters is 1. The summed E-state index contributed by atoms with van der Waals surface area (Å²) in [6, 6.07) is 8.05. The second kappa shape index (κ2) is 8.19. The second-order valence-corrected chi connectivity index (χ2v) is 5.45. The zero-order valence-electron chi connectivity index (χ0n) is 11.3. The maximum atomic E-state index is 11.7. The van der Waals surface area contributed by atoms with E-state index in [0.29, 0.717) is 20.2 Å². The van der Waals surface area contributed by atoms with Crippen LogP contribution < -0.4 is 5.32 Å². The van der Waals surface area contributed by atoms with E-state index in [1.54, 1.807) is 25.1 Å². The molecule has 6 nitrogen and oxygen atoms in total. The Morgan fingerprint density at radius 1 is 1.18 bits per heavy atom. The minimum atomic E-state index is -0.485. The van der Waals surface area contributed by atoms with Crippen LogP contribution >= 0.6 is 31.9 Å². The van der Waals surface area contributed by atoms with Gasteiger partial charge in [-0.1, -0.05) is 0 Å². The van der Waals surface area contributed by atoms with Crippen LogP contribution in [0, 0.1) is 34.0 Å². The Morgan fingerprint density at radius 3 is 2.14 bits per heavy atom. The fraction of sp³-hybridized carbons (Fsp3) is 0.143. The molecular weight excluding hydrogens is 416 g/mol. The van der Waals surface area contributed by atoms with Gasteiger partial charge in [0.1, 0.15) is 23.9 Å². The van der Waals surface area contributed by atoms with Gasteiger partial charge in [-0.2, -0.15) is 15.8 Å². The predicted octanol–water partition coefficient (Wildman–Crippen LogP) is 3.63. The number of ether oxygens (including phenoxy) is 1. The summed E-state index contributed by atoms with van der Waals surface area (Å²) in [7, 11) is 0. The van der Waals surface area contributed by atoms with E-state index < -0.39 is 5.97 Å². The molecule has 0 aliphatic carbocycles. The van der Waals surface area contributed by atoms with Crippen LogP contribution in [0.25, 0.3) is 0 Å². The van der Waals surface area contributed by atoms with E-state index in [1.807, 2.05) is 0 Å². The topological polar surface area (TPSA) is 110 Å². The molecular formula is C14H8Br2N4O2. The molecule has 0 aliphatic heterocycles. The zero-order valence-corrected chi connectivity index (χ0v) is 14.4. The molecule has 8 heteroatoms. The van der Waals surface area contributed by atoms with Crippen molar-refractivity contribution in [3.8, 4) is 18.2 Å². The number of benzene rings is 1. The van der Waals surface area contributed by atoms with Crippen LogP contribution in [0.2, 0.25) is 0 Å². The van der Waals surface area contributed by atoms with Crippen LogP contribution in [-0.4, -0.2) is 12.6 Å². The van der Waals surface area contributed by atoms with Gasteiger partial charge in [0.05, 0.1) is 17.9 Å². The molecule has 110 valence electrons. The number of anilines is 1. The minimum absolute atomic E-state index is 0.185. The van der Waals surface area contributed by atoms with Crippen LogP contribution in [0.4, 0.5) is 5.69 Å². The first-order valence-corrected chi connectivity index (χ1v) is 7.44. The van der Waals surface area contributed by atoms with Crippen molar-refractivity contribution in [2.45, 2.75) is 6.92 Å². The monoisotopic (exact) mass is 422 g/mol. The van der Waals surface area contributed by atoms with Gasteiger partial charge in [0.2, 0.25) is 0 Å². The van der Waals surface area contributed by atoms with Crippen molar-refractivity contribution in [3.63, 3.8) is 0 Å². The van der Waals surface area contributed by atoms with E-state index in [2.05, 4.69) is 37.2 Å². The summed E-state index contributed by atoms with van der Waals surface area (Å²) in [6.07, 6.45) is 0. The lowest BCUT2D eigenvalue weighted by molar-refractivity contribution is 0.0526. The lowest BCUT2D eigenvalue weighted by atomic mass is 10.2. The molecule has 0 bridgehead atoms. The van der Waals surface area contributed by atoms with Gasteiger partial charge in [-0.05, 0) is 50.9 Å². The Balaban J connectivity index is 3.28. The van der Waals surface area contributed by atoms with Crippen molar-refractivity contribution in [2.75, 3.05) is 11.9 Å². The van der Waals surface area contributed by atoms with E-state index >= 15 is 0 Å². The molecule has 1 aromatic rings. The first kappa shape index (κ1) is 17.7. The highest BCUT2D eigenvalue weighted by atomic mass is 79.9. The van der Waals surface area contributed by atoms with Crippen molar-refractivity contribution in [3.05, 3.63) is 37.9 Å². The molecule has 0 saturated heterocycles. The Morgan fingerprint density at radius 2 is 1.73 bits per heavy atom. The smallest absolute Gasteiger partial charge is 0.338 e. The number of nitriles is 3. The number of allylic oxidation sites excluding steroid dienone is 2. The molecule has 0 spiro atoms. The number of carbonyl (C=O) groups is 1. The van der Waals surface area contributed by atoms with E-state index in [9.17, 15) is 4.79 Å². The van der Waals surface area contributed by atoms with Crippen molar-refractivity contribution in [1.82, 2.24) is 0 Å². The second-order valence-electron chi connectivity index (χ2n) is 3.75. The van der Waals surface area contributed by atoms with Gasteiger partial charge in [-0.25, -0.2) is 4.79 Å². The van der Waals surface area contributed by atoms with Crippen LogP contribution in [-0.2, 0) is 4.74 Å². The zero-order chi connectivity index (χ0) is 16.7. The minimum Gasteiger partial charge on any atom is -0.462 e. The summed E-state index contributed by atoms with van der Waals surface area (Å²) in [5.41, 5.74) is 0.202. The van der Waals surface area contributed by atoms with Gasteiger partial charge in [0.25, 0.3) is 0 Å². The van der Waals surface area contributed by atoms with E-state index in [1.165, 1.54) is 12.1 Å². The number of nitrogens with zero attached hydrogens (tertiary/aromatic N) is 3. The first-order chi connectivity index (χ1) is 10.5. The Kier molecular flexibility index (Phi) is 6.59. The first-order valence-electron chi connectivity index (χ1n) is 5.86. The largest absolute Gasteiger partial charge is 0.462 e. The van der Waals surface area contributed by atoms with Crippen LogP contribution in [0.1, 0.15) is 17.3 Å². The van der Waals surface area contributed by atoms with Crippen LogP contribution in [0.3, 0.4) is 0 Å². The Bertz CT molecular complexity index is 728. The van der Waals surface area contributed by atoms with E-state index in [-0.39, 0.29) is 17.9 Å². The summed E-state index contributed by atoms with van der Waals surface area (Å²) in [6.45, 7) is 1.95. The summed E-state index contributed by atoms with van der Waals surface area (Å²) in [5.74, 6) is -0.485. The fourth-order valence-corrected chi connectivity index (χ4v) is 2.82. The quantitative estimate of drug-likeness (QED) is 0.584. The highest BCUT2D eigenvalue weighted by molar-refractivity contribution is 9.11. The molecule has 0 atom stereocenters. The summed E-state index contributed by atoms with van der Waals surface area (Å²) >= 11 is 6.54. The van der Waals surface area contributed by atoms with Gasteiger partial charge < -0.3 is 10.1 Å². The SMILES string of the molecule is CCOC(=O)c1cc(Br)c(NC(C#N)=C(C#N)C#N)c(Br)c1. The number of hydrogen-bond donors (Lipinski definition) is 1. The lowest BCUT2D eigenvalue weighted by Gasteiger charge is -2.11. The summed E-state index contributed by atoms with van der Waals surface area (Å²) in [5, 5.41) is 29.4. The molecule has 0 unspecified atom stereocenters. The molecule has 0 fully saturated rings. The normalized spacial score (nSPS) is 8.91. The summed E-state index contributed by atoms with van der Waals surface area (Å²) in [4.78, 5) is 11.7. The fourth-order valence-electron chi connectivity index (χ4n) is 1.43. The molecule has 0 aromatic heterocycles. The van der Waals surface area contributed by atoms with Crippen molar-refractivity contribution < 1.29 is 9.53 Å². The molecule has 0 heterocycles. The number of nitrogens with one attached hydrogen (secondary N) is 1. The highest BCUT2D eigenvalue weighted by Gasteiger charge is 2.15. The molecule has 22 heavy (non-hydrogen) atoms. The van der Waals surface area contributed by atoms with E-state index in [0.717, 1.165) is 0 Å². The lowest BCUT2D eigenvalue weighted by Crippen LogP contribution is -2.07. The highest BCUT2D eigenvalue weighted by Crippen LogP contribution is 2.34. The number of halogens is 2. The van der Waals surface area contributed by atoms with Crippen molar-refractivity contribution in [2.24, 2.45) is 0 Å². The molecule has 0 aliphatic rings. The van der Waals surface area contributed by atoms with Crippen molar-refractivity contribution in [1.29, 1.82) is 15.8 Å². The van der Waals surface area contributed by atoms with Gasteiger partial charge in [0, 0.05) is 8.95 Å². The van der Waals surface area contributed by atoms with Gasteiger partial charge in [-0.15, -0.1) is 0 Å². The van der Waals surface area contributed by atoms with Gasteiger partial charge >= 0.3 is 5.97 Å². The molecule has 0 radical (unpaired) electrons. The average Bonchev–Trinajstić information content (AvgIpc) is 2.49. The maximum absolute atomic E-state index is 11.7. The third-order valence-corrected chi connectivity index (χ3v) is 3.64. The number of carbonyl (C=O) groups excluding carboxylic acids is 1.